The summed E-state index contributed by atoms with van der Waals surface area (Å²) in [4.78, 5) is 1.69. The molecular formula is C8H16N4O2. The lowest BCUT2D eigenvalue weighted by Gasteiger charge is -2.23. The van der Waals surface area contributed by atoms with Gasteiger partial charge in [-0.1, -0.05) is 5.10 Å². The van der Waals surface area contributed by atoms with Crippen molar-refractivity contribution in [2.75, 3.05) is 18.5 Å². The molecule has 0 spiro atoms. The zero-order valence-corrected chi connectivity index (χ0v) is 8.69. The van der Waals surface area contributed by atoms with Crippen LogP contribution in [0.5, 0.6) is 0 Å². The zero-order chi connectivity index (χ0) is 10.8. The van der Waals surface area contributed by atoms with Crippen LogP contribution in [0, 0.1) is 0 Å². The molecule has 1 aromatic heterocycles. The molecule has 0 amide bonds. The molecule has 14 heavy (non-hydrogen) atoms. The van der Waals surface area contributed by atoms with Gasteiger partial charge in [-0.25, -0.2) is 0 Å². The standard InChI is InChI=1S/C8H16N4O2/c1-8(2,13)5-12(3)7-11-10-6(4-9)14-7/h13H,4-5,9H2,1-3H3. The van der Waals surface area contributed by atoms with Gasteiger partial charge in [0.15, 0.2) is 0 Å². The van der Waals surface area contributed by atoms with Crippen LogP contribution in [0.25, 0.3) is 0 Å². The fraction of sp³-hybridized carbons (Fsp3) is 0.750. The Bertz CT molecular complexity index is 292. The number of rotatable bonds is 4. The molecular weight excluding hydrogens is 184 g/mol. The minimum atomic E-state index is -0.800. The van der Waals surface area contributed by atoms with Gasteiger partial charge in [0.25, 0.3) is 0 Å². The van der Waals surface area contributed by atoms with Crippen molar-refractivity contribution in [3.8, 4) is 0 Å². The first-order valence-electron chi connectivity index (χ1n) is 4.38. The number of likely N-dealkylation sites (N-methyl/N-ethyl adjacent to an activating group) is 1. The molecule has 0 atom stereocenters. The molecule has 80 valence electrons. The monoisotopic (exact) mass is 200 g/mol. The maximum Gasteiger partial charge on any atom is 0.318 e. The van der Waals surface area contributed by atoms with E-state index in [0.717, 1.165) is 0 Å². The topological polar surface area (TPSA) is 88.4 Å². The van der Waals surface area contributed by atoms with Crippen LogP contribution < -0.4 is 10.6 Å². The Morgan fingerprint density at radius 2 is 2.14 bits per heavy atom. The smallest absolute Gasteiger partial charge is 0.318 e. The molecule has 3 N–H and O–H groups in total. The molecule has 0 radical (unpaired) electrons. The third-order valence-corrected chi connectivity index (χ3v) is 1.58. The van der Waals surface area contributed by atoms with Crippen LogP contribution >= 0.6 is 0 Å². The number of hydrogen-bond acceptors (Lipinski definition) is 6. The van der Waals surface area contributed by atoms with E-state index in [1.165, 1.54) is 0 Å². The number of aromatic nitrogens is 2. The van der Waals surface area contributed by atoms with Gasteiger partial charge >= 0.3 is 6.01 Å². The number of nitrogens with zero attached hydrogens (tertiary/aromatic N) is 3. The van der Waals surface area contributed by atoms with Crippen LogP contribution in [0.1, 0.15) is 19.7 Å². The number of nitrogens with two attached hydrogens (primary N) is 1. The Kier molecular flexibility index (Phi) is 3.07. The SMILES string of the molecule is CN(CC(C)(C)O)c1nnc(CN)o1. The van der Waals surface area contributed by atoms with Crippen LogP contribution in [0.4, 0.5) is 6.01 Å². The highest BCUT2D eigenvalue weighted by Gasteiger charge is 2.19. The Hall–Kier alpha value is -1.14. The predicted octanol–water partition coefficient (Wildman–Crippen LogP) is -0.265. The highest BCUT2D eigenvalue weighted by molar-refractivity contribution is 5.22. The maximum absolute atomic E-state index is 9.56. The van der Waals surface area contributed by atoms with E-state index in [1.54, 1.807) is 25.8 Å². The lowest BCUT2D eigenvalue weighted by atomic mass is 10.1. The minimum Gasteiger partial charge on any atom is -0.407 e. The minimum absolute atomic E-state index is 0.226. The van der Waals surface area contributed by atoms with Crippen molar-refractivity contribution in [1.82, 2.24) is 10.2 Å². The van der Waals surface area contributed by atoms with Crippen LogP contribution in [0.15, 0.2) is 4.42 Å². The molecule has 1 heterocycles. The first-order chi connectivity index (χ1) is 6.42. The molecule has 0 aliphatic rings. The van der Waals surface area contributed by atoms with Crippen molar-refractivity contribution in [3.05, 3.63) is 5.89 Å². The van der Waals surface area contributed by atoms with E-state index in [0.29, 0.717) is 18.5 Å². The summed E-state index contributed by atoms with van der Waals surface area (Å²) < 4.78 is 5.21. The summed E-state index contributed by atoms with van der Waals surface area (Å²) in [6, 6.07) is 0.368. The summed E-state index contributed by atoms with van der Waals surface area (Å²) in [5, 5.41) is 17.1. The average Bonchev–Trinajstić information content (AvgIpc) is 2.48. The Morgan fingerprint density at radius 1 is 1.50 bits per heavy atom. The fourth-order valence-electron chi connectivity index (χ4n) is 1.13. The summed E-state index contributed by atoms with van der Waals surface area (Å²) in [7, 11) is 1.77. The van der Waals surface area contributed by atoms with Crippen molar-refractivity contribution in [3.63, 3.8) is 0 Å². The second-order valence-electron chi connectivity index (χ2n) is 3.85. The Labute approximate surface area is 82.7 Å². The summed E-state index contributed by atoms with van der Waals surface area (Å²) in [6.45, 7) is 4.07. The summed E-state index contributed by atoms with van der Waals surface area (Å²) in [5.41, 5.74) is 4.53. The molecule has 0 aliphatic carbocycles. The largest absolute Gasteiger partial charge is 0.407 e. The van der Waals surface area contributed by atoms with E-state index in [1.807, 2.05) is 0 Å². The lowest BCUT2D eigenvalue weighted by molar-refractivity contribution is 0.0874. The maximum atomic E-state index is 9.56. The number of anilines is 1. The van der Waals surface area contributed by atoms with Gasteiger partial charge in [0.2, 0.25) is 5.89 Å². The van der Waals surface area contributed by atoms with Crippen LogP contribution in [0.3, 0.4) is 0 Å². The molecule has 1 aromatic rings. The molecule has 0 aromatic carbocycles. The summed E-state index contributed by atoms with van der Waals surface area (Å²) >= 11 is 0. The number of hydrogen-bond donors (Lipinski definition) is 2. The van der Waals surface area contributed by atoms with E-state index >= 15 is 0 Å². The first kappa shape index (κ1) is 10.9. The molecule has 0 aliphatic heterocycles. The quantitative estimate of drug-likeness (QED) is 0.696. The van der Waals surface area contributed by atoms with Gasteiger partial charge in [0.05, 0.1) is 18.7 Å². The van der Waals surface area contributed by atoms with Crippen molar-refractivity contribution >= 4 is 6.01 Å². The lowest BCUT2D eigenvalue weighted by Crippen LogP contribution is -2.36. The molecule has 0 saturated heterocycles. The molecule has 0 unspecified atom stereocenters. The first-order valence-corrected chi connectivity index (χ1v) is 4.38. The predicted molar refractivity (Wildman–Crippen MR) is 51.8 cm³/mol. The van der Waals surface area contributed by atoms with E-state index < -0.39 is 5.60 Å². The van der Waals surface area contributed by atoms with E-state index in [4.69, 9.17) is 10.2 Å². The van der Waals surface area contributed by atoms with Crippen molar-refractivity contribution in [1.29, 1.82) is 0 Å². The van der Waals surface area contributed by atoms with Crippen molar-refractivity contribution < 1.29 is 9.52 Å². The summed E-state index contributed by atoms with van der Waals surface area (Å²) in [6.07, 6.45) is 0. The molecule has 0 saturated carbocycles. The fourth-order valence-corrected chi connectivity index (χ4v) is 1.13. The van der Waals surface area contributed by atoms with Gasteiger partial charge < -0.3 is 20.2 Å². The van der Waals surface area contributed by atoms with E-state index in [-0.39, 0.29) is 6.54 Å². The molecule has 0 fully saturated rings. The van der Waals surface area contributed by atoms with Crippen LogP contribution in [0.2, 0.25) is 0 Å². The highest BCUT2D eigenvalue weighted by atomic mass is 16.4. The Morgan fingerprint density at radius 3 is 2.57 bits per heavy atom. The van der Waals surface area contributed by atoms with E-state index in [2.05, 4.69) is 10.2 Å². The van der Waals surface area contributed by atoms with Gasteiger partial charge in [0.1, 0.15) is 0 Å². The van der Waals surface area contributed by atoms with Gasteiger partial charge in [0, 0.05) is 7.05 Å². The van der Waals surface area contributed by atoms with Gasteiger partial charge in [-0.2, -0.15) is 0 Å². The number of aliphatic hydroxyl groups is 1. The van der Waals surface area contributed by atoms with Gasteiger partial charge in [-0.05, 0) is 13.8 Å². The normalized spacial score (nSPS) is 11.8. The van der Waals surface area contributed by atoms with Gasteiger partial charge in [-0.15, -0.1) is 5.10 Å². The third-order valence-electron chi connectivity index (χ3n) is 1.58. The third kappa shape index (κ3) is 2.97. The van der Waals surface area contributed by atoms with Crippen LogP contribution in [-0.2, 0) is 6.54 Å². The van der Waals surface area contributed by atoms with Crippen molar-refractivity contribution in [2.45, 2.75) is 26.0 Å². The van der Waals surface area contributed by atoms with E-state index in [9.17, 15) is 5.11 Å². The van der Waals surface area contributed by atoms with Gasteiger partial charge in [-0.3, -0.25) is 0 Å². The molecule has 6 nitrogen and oxygen atoms in total. The highest BCUT2D eigenvalue weighted by Crippen LogP contribution is 2.13. The second kappa shape index (κ2) is 3.93. The molecule has 1 rings (SSSR count). The zero-order valence-electron chi connectivity index (χ0n) is 8.69. The molecule has 0 bridgehead atoms. The van der Waals surface area contributed by atoms with Crippen LogP contribution in [-0.4, -0.2) is 34.5 Å². The van der Waals surface area contributed by atoms with Crippen molar-refractivity contribution in [2.24, 2.45) is 5.73 Å². The summed E-state index contributed by atoms with van der Waals surface area (Å²) in [5.74, 6) is 0.391. The molecule has 6 heteroatoms. The Balaban J connectivity index is 2.65. The average molecular weight is 200 g/mol. The second-order valence-corrected chi connectivity index (χ2v) is 3.85.